The number of benzene rings is 2. The molecule has 3 aromatic rings. The van der Waals surface area contributed by atoms with Gasteiger partial charge in [-0.3, -0.25) is 14.3 Å². The summed E-state index contributed by atoms with van der Waals surface area (Å²) in [5.74, 6) is -0.436. The Labute approximate surface area is 208 Å². The third kappa shape index (κ3) is 4.49. The van der Waals surface area contributed by atoms with Gasteiger partial charge in [0.1, 0.15) is 5.69 Å². The predicted molar refractivity (Wildman–Crippen MR) is 135 cm³/mol. The lowest BCUT2D eigenvalue weighted by atomic mass is 10.1. The lowest BCUT2D eigenvalue weighted by molar-refractivity contribution is 0.0971. The number of nitrogens with zero attached hydrogens (tertiary/aromatic N) is 3. The molecule has 0 unspecified atom stereocenters. The number of ketones is 1. The number of nitrogens with one attached hydrogen (secondary N) is 1. The molecule has 1 aromatic heterocycles. The van der Waals surface area contributed by atoms with E-state index in [0.717, 1.165) is 24.2 Å². The Kier molecular flexibility index (Phi) is 5.98. The van der Waals surface area contributed by atoms with Crippen molar-refractivity contribution in [2.75, 3.05) is 34.7 Å². The number of carbonyl (C=O) groups excluding carboxylic acids is 2. The summed E-state index contributed by atoms with van der Waals surface area (Å²) in [5, 5.41) is 0.427. The lowest BCUT2D eigenvalue weighted by Gasteiger charge is -2.22. The van der Waals surface area contributed by atoms with Crippen molar-refractivity contribution in [2.24, 2.45) is 0 Å². The fraction of sp³-hybridized carbons (Fsp3) is 0.240. The number of likely N-dealkylation sites (N-methyl/N-ethyl adjacent to an activating group) is 1. The van der Waals surface area contributed by atoms with E-state index >= 15 is 0 Å². The molecule has 0 fully saturated rings. The molecule has 0 bridgehead atoms. The molecule has 1 amide bonds. The Balaban J connectivity index is 1.36. The van der Waals surface area contributed by atoms with Crippen LogP contribution in [0.15, 0.2) is 59.6 Å². The van der Waals surface area contributed by atoms with Gasteiger partial charge in [-0.05, 0) is 66.9 Å². The second-order valence-electron chi connectivity index (χ2n) is 8.64. The summed E-state index contributed by atoms with van der Waals surface area (Å²) >= 11 is 6.06. The lowest BCUT2D eigenvalue weighted by Crippen LogP contribution is -2.32. The summed E-state index contributed by atoms with van der Waals surface area (Å²) in [6.45, 7) is 1.22. The average Bonchev–Trinajstić information content (AvgIpc) is 3.13. The molecule has 0 atom stereocenters. The molecule has 8 nitrogen and oxygen atoms in total. The zero-order valence-corrected chi connectivity index (χ0v) is 20.6. The van der Waals surface area contributed by atoms with Crippen LogP contribution in [0.4, 0.5) is 17.1 Å². The van der Waals surface area contributed by atoms with Crippen molar-refractivity contribution in [3.05, 3.63) is 76.6 Å². The first-order valence-corrected chi connectivity index (χ1v) is 13.1. The fourth-order valence-electron chi connectivity index (χ4n) is 4.47. The van der Waals surface area contributed by atoms with E-state index in [1.54, 1.807) is 30.3 Å². The molecule has 0 spiro atoms. The maximum Gasteiger partial charge on any atom is 0.276 e. The molecule has 0 saturated carbocycles. The zero-order chi connectivity index (χ0) is 24.7. The number of amides is 1. The number of hydrogen-bond donors (Lipinski definition) is 1. The Hall–Kier alpha value is -3.43. The summed E-state index contributed by atoms with van der Waals surface area (Å²) in [7, 11) is -1.84. The number of sulfonamides is 1. The fourth-order valence-corrected chi connectivity index (χ4v) is 5.74. The molecular weight excluding hydrogens is 488 g/mol. The number of halogens is 1. The van der Waals surface area contributed by atoms with E-state index in [2.05, 4.69) is 14.6 Å². The van der Waals surface area contributed by atoms with Crippen LogP contribution >= 0.6 is 11.6 Å². The quantitative estimate of drug-likeness (QED) is 0.566. The molecule has 2 aliphatic heterocycles. The largest absolute Gasteiger partial charge is 0.374 e. The number of fused-ring (bicyclic) bond motifs is 2. The van der Waals surface area contributed by atoms with Crippen molar-refractivity contribution in [2.45, 2.75) is 24.2 Å². The normalized spacial score (nSPS) is 15.4. The van der Waals surface area contributed by atoms with E-state index in [1.165, 1.54) is 23.2 Å². The molecule has 3 heterocycles. The first-order valence-electron chi connectivity index (χ1n) is 11.2. The van der Waals surface area contributed by atoms with Crippen LogP contribution in [0.25, 0.3) is 0 Å². The third-order valence-electron chi connectivity index (χ3n) is 6.30. The molecule has 1 N–H and O–H groups in total. The number of rotatable bonds is 4. The number of Topliss-reactive ketones (excluding diaryl/α,β-unsaturated/α-hetero) is 1. The van der Waals surface area contributed by atoms with Crippen LogP contribution in [-0.2, 0) is 16.4 Å². The first kappa shape index (κ1) is 23.3. The smallest absolute Gasteiger partial charge is 0.276 e. The number of carbonyl (C=O) groups is 2. The molecule has 2 aliphatic rings. The van der Waals surface area contributed by atoms with E-state index in [9.17, 15) is 18.0 Å². The number of aromatic nitrogens is 1. The van der Waals surface area contributed by atoms with Crippen molar-refractivity contribution in [1.29, 1.82) is 0 Å². The van der Waals surface area contributed by atoms with E-state index in [0.29, 0.717) is 35.7 Å². The van der Waals surface area contributed by atoms with E-state index < -0.39 is 10.0 Å². The van der Waals surface area contributed by atoms with E-state index in [4.69, 9.17) is 11.6 Å². The van der Waals surface area contributed by atoms with Crippen molar-refractivity contribution < 1.29 is 18.0 Å². The second kappa shape index (κ2) is 8.98. The first-order chi connectivity index (χ1) is 16.7. The van der Waals surface area contributed by atoms with Crippen LogP contribution in [-0.4, -0.2) is 45.2 Å². The molecule has 35 heavy (non-hydrogen) atoms. The maximum absolute atomic E-state index is 13.2. The minimum absolute atomic E-state index is 0.0614. The zero-order valence-electron chi connectivity index (χ0n) is 19.0. The Morgan fingerprint density at radius 3 is 2.60 bits per heavy atom. The molecule has 5 rings (SSSR count). The number of anilines is 3. The minimum atomic E-state index is -3.81. The van der Waals surface area contributed by atoms with Gasteiger partial charge in [0.25, 0.3) is 15.9 Å². The average molecular weight is 511 g/mol. The van der Waals surface area contributed by atoms with Gasteiger partial charge < -0.3 is 9.80 Å². The van der Waals surface area contributed by atoms with Crippen LogP contribution in [0.3, 0.4) is 0 Å². The van der Waals surface area contributed by atoms with Crippen molar-refractivity contribution in [1.82, 2.24) is 4.98 Å². The van der Waals surface area contributed by atoms with Crippen molar-refractivity contribution in [3.63, 3.8) is 0 Å². The maximum atomic E-state index is 13.2. The molecule has 0 aliphatic carbocycles. The highest BCUT2D eigenvalue weighted by Crippen LogP contribution is 2.31. The summed E-state index contributed by atoms with van der Waals surface area (Å²) in [4.78, 5) is 33.7. The van der Waals surface area contributed by atoms with Gasteiger partial charge >= 0.3 is 0 Å². The van der Waals surface area contributed by atoms with Crippen molar-refractivity contribution >= 4 is 50.4 Å². The Morgan fingerprint density at radius 2 is 1.83 bits per heavy atom. The van der Waals surface area contributed by atoms with Gasteiger partial charge in [0, 0.05) is 42.8 Å². The highest BCUT2D eigenvalue weighted by atomic mass is 35.5. The molecular formula is C25H23ClN4O4S. The van der Waals surface area contributed by atoms with Gasteiger partial charge in [0.15, 0.2) is 5.78 Å². The topological polar surface area (TPSA) is 99.7 Å². The minimum Gasteiger partial charge on any atom is -0.374 e. The van der Waals surface area contributed by atoms with Gasteiger partial charge in [-0.15, -0.1) is 0 Å². The number of pyridine rings is 1. The highest BCUT2D eigenvalue weighted by molar-refractivity contribution is 7.92. The van der Waals surface area contributed by atoms with Crippen LogP contribution in [0.1, 0.15) is 39.3 Å². The van der Waals surface area contributed by atoms with Gasteiger partial charge in [-0.2, -0.15) is 0 Å². The summed E-state index contributed by atoms with van der Waals surface area (Å²) in [5.41, 5.74) is 3.32. The number of hydrogen-bond acceptors (Lipinski definition) is 6. The molecule has 0 radical (unpaired) electrons. The van der Waals surface area contributed by atoms with Gasteiger partial charge in [-0.25, -0.2) is 13.4 Å². The van der Waals surface area contributed by atoms with Crippen LogP contribution in [0.2, 0.25) is 5.02 Å². The summed E-state index contributed by atoms with van der Waals surface area (Å²) in [6, 6.07) is 12.9. The predicted octanol–water partition coefficient (Wildman–Crippen LogP) is 4.15. The third-order valence-corrected chi connectivity index (χ3v) is 7.92. The second-order valence-corrected chi connectivity index (χ2v) is 10.8. The van der Waals surface area contributed by atoms with Gasteiger partial charge in [-0.1, -0.05) is 11.6 Å². The molecule has 10 heteroatoms. The summed E-state index contributed by atoms with van der Waals surface area (Å²) in [6.07, 6.45) is 2.96. The monoisotopic (exact) mass is 510 g/mol. The van der Waals surface area contributed by atoms with E-state index in [-0.39, 0.29) is 28.0 Å². The summed E-state index contributed by atoms with van der Waals surface area (Å²) < 4.78 is 28.4. The SMILES string of the molecule is CN1CCc2cc(S(=O)(=O)Nc3ccc(C(=O)N4CCCC(=O)c5cc(Cl)ccc54)nc3)ccc21. The van der Waals surface area contributed by atoms with Crippen LogP contribution < -0.4 is 14.5 Å². The van der Waals surface area contributed by atoms with Crippen molar-refractivity contribution in [3.8, 4) is 0 Å². The van der Waals surface area contributed by atoms with Gasteiger partial charge in [0.2, 0.25) is 0 Å². The highest BCUT2D eigenvalue weighted by Gasteiger charge is 2.27. The molecule has 180 valence electrons. The Morgan fingerprint density at radius 1 is 1.03 bits per heavy atom. The molecule has 0 saturated heterocycles. The van der Waals surface area contributed by atoms with E-state index in [1.807, 2.05) is 13.1 Å². The van der Waals surface area contributed by atoms with Crippen LogP contribution in [0.5, 0.6) is 0 Å². The molecule has 2 aromatic carbocycles. The van der Waals surface area contributed by atoms with Crippen LogP contribution in [0, 0.1) is 0 Å². The standard InChI is InChI=1S/C25H23ClN4O4S/c1-29-12-10-16-13-19(6-9-22(16)29)35(33,34)28-18-5-7-21(27-15-18)25(32)30-11-2-3-24(31)20-14-17(26)4-8-23(20)30/h4-9,13-15,28H,2-3,10-12H2,1H3. The Bertz CT molecular complexity index is 1440. The van der Waals surface area contributed by atoms with Gasteiger partial charge in [0.05, 0.1) is 22.5 Å².